The van der Waals surface area contributed by atoms with Gasteiger partial charge in [-0.05, 0) is 54.0 Å². The SMILES string of the molecule is COc1ccc(Br)c(C(=O)NC(C)c2cc(C)ccc2OC)c1. The number of hydrogen-bond acceptors (Lipinski definition) is 3. The highest BCUT2D eigenvalue weighted by atomic mass is 79.9. The number of aryl methyl sites for hydroxylation is 1. The van der Waals surface area contributed by atoms with Crippen LogP contribution >= 0.6 is 15.9 Å². The number of rotatable bonds is 5. The Labute approximate surface area is 144 Å². The van der Waals surface area contributed by atoms with Crippen LogP contribution in [0.1, 0.15) is 34.5 Å². The Kier molecular flexibility index (Phi) is 5.66. The molecule has 0 aliphatic heterocycles. The molecule has 0 bridgehead atoms. The van der Waals surface area contributed by atoms with Gasteiger partial charge in [0.15, 0.2) is 0 Å². The fourth-order valence-corrected chi connectivity index (χ4v) is 2.78. The summed E-state index contributed by atoms with van der Waals surface area (Å²) in [6.07, 6.45) is 0. The third kappa shape index (κ3) is 4.05. The van der Waals surface area contributed by atoms with Crippen molar-refractivity contribution >= 4 is 21.8 Å². The van der Waals surface area contributed by atoms with Gasteiger partial charge in [-0.1, -0.05) is 17.7 Å². The van der Waals surface area contributed by atoms with Gasteiger partial charge in [0.1, 0.15) is 11.5 Å². The molecule has 4 nitrogen and oxygen atoms in total. The molecule has 0 spiro atoms. The lowest BCUT2D eigenvalue weighted by Crippen LogP contribution is -2.27. The summed E-state index contributed by atoms with van der Waals surface area (Å²) < 4.78 is 11.3. The third-order valence-electron chi connectivity index (χ3n) is 3.62. The summed E-state index contributed by atoms with van der Waals surface area (Å²) in [6, 6.07) is 11.0. The largest absolute Gasteiger partial charge is 0.497 e. The summed E-state index contributed by atoms with van der Waals surface area (Å²) in [5, 5.41) is 3.00. The van der Waals surface area contributed by atoms with E-state index < -0.39 is 0 Å². The molecule has 23 heavy (non-hydrogen) atoms. The molecule has 5 heteroatoms. The maximum atomic E-state index is 12.6. The zero-order chi connectivity index (χ0) is 17.0. The Hall–Kier alpha value is -2.01. The highest BCUT2D eigenvalue weighted by Crippen LogP contribution is 2.27. The minimum absolute atomic E-state index is 0.174. The quantitative estimate of drug-likeness (QED) is 0.846. The molecule has 122 valence electrons. The summed E-state index contributed by atoms with van der Waals surface area (Å²) in [7, 11) is 3.20. The van der Waals surface area contributed by atoms with Crippen LogP contribution in [0, 0.1) is 6.92 Å². The second-order valence-corrected chi connectivity index (χ2v) is 6.14. The van der Waals surface area contributed by atoms with E-state index in [0.29, 0.717) is 11.3 Å². The molecule has 1 atom stereocenters. The Morgan fingerprint density at radius 1 is 1.13 bits per heavy atom. The number of methoxy groups -OCH3 is 2. The van der Waals surface area contributed by atoms with Gasteiger partial charge < -0.3 is 14.8 Å². The monoisotopic (exact) mass is 377 g/mol. The van der Waals surface area contributed by atoms with Crippen molar-refractivity contribution in [3.8, 4) is 11.5 Å². The summed E-state index contributed by atoms with van der Waals surface area (Å²) in [4.78, 5) is 12.6. The summed E-state index contributed by atoms with van der Waals surface area (Å²) >= 11 is 3.41. The van der Waals surface area contributed by atoms with Crippen LogP contribution in [-0.2, 0) is 0 Å². The molecule has 0 aliphatic carbocycles. The van der Waals surface area contributed by atoms with Crippen molar-refractivity contribution in [2.45, 2.75) is 19.9 Å². The summed E-state index contributed by atoms with van der Waals surface area (Å²) in [6.45, 7) is 3.94. The van der Waals surface area contributed by atoms with E-state index in [2.05, 4.69) is 21.2 Å². The third-order valence-corrected chi connectivity index (χ3v) is 4.31. The van der Waals surface area contributed by atoms with Crippen LogP contribution in [0.25, 0.3) is 0 Å². The molecule has 2 rings (SSSR count). The fraction of sp³-hybridized carbons (Fsp3) is 0.278. The highest BCUT2D eigenvalue weighted by Gasteiger charge is 2.17. The molecule has 2 aromatic carbocycles. The zero-order valence-electron chi connectivity index (χ0n) is 13.6. The van der Waals surface area contributed by atoms with Gasteiger partial charge >= 0.3 is 0 Å². The van der Waals surface area contributed by atoms with Crippen LogP contribution in [0.4, 0.5) is 0 Å². The van der Waals surface area contributed by atoms with Crippen LogP contribution in [0.2, 0.25) is 0 Å². The van der Waals surface area contributed by atoms with Crippen molar-refractivity contribution in [1.29, 1.82) is 0 Å². The molecule has 0 saturated heterocycles. The second-order valence-electron chi connectivity index (χ2n) is 5.29. The van der Waals surface area contributed by atoms with Crippen molar-refractivity contribution in [3.63, 3.8) is 0 Å². The predicted molar refractivity (Wildman–Crippen MR) is 94.3 cm³/mol. The average molecular weight is 378 g/mol. The standard InChI is InChI=1S/C18H20BrNO3/c1-11-5-8-17(23-4)14(9-11)12(2)20-18(21)15-10-13(22-3)6-7-16(15)19/h5-10,12H,1-4H3,(H,20,21). The van der Waals surface area contributed by atoms with Gasteiger partial charge in [-0.2, -0.15) is 0 Å². The molecular formula is C18H20BrNO3. The number of amides is 1. The number of carbonyl (C=O) groups is 1. The van der Waals surface area contributed by atoms with Gasteiger partial charge in [-0.15, -0.1) is 0 Å². The van der Waals surface area contributed by atoms with E-state index in [0.717, 1.165) is 21.3 Å². The van der Waals surface area contributed by atoms with Crippen LogP contribution in [0.15, 0.2) is 40.9 Å². The van der Waals surface area contributed by atoms with Gasteiger partial charge in [-0.25, -0.2) is 0 Å². The summed E-state index contributed by atoms with van der Waals surface area (Å²) in [5.41, 5.74) is 2.59. The molecule has 0 saturated carbocycles. The molecule has 2 aromatic rings. The first-order valence-electron chi connectivity index (χ1n) is 7.25. The van der Waals surface area contributed by atoms with Crippen LogP contribution < -0.4 is 14.8 Å². The number of halogens is 1. The van der Waals surface area contributed by atoms with E-state index >= 15 is 0 Å². The number of hydrogen-bond donors (Lipinski definition) is 1. The fourth-order valence-electron chi connectivity index (χ4n) is 2.35. The first-order chi connectivity index (χ1) is 11.0. The van der Waals surface area contributed by atoms with Gasteiger partial charge in [0, 0.05) is 10.0 Å². The number of ether oxygens (including phenoxy) is 2. The van der Waals surface area contributed by atoms with Crippen molar-refractivity contribution < 1.29 is 14.3 Å². The first-order valence-corrected chi connectivity index (χ1v) is 8.04. The van der Waals surface area contributed by atoms with E-state index in [-0.39, 0.29) is 11.9 Å². The van der Waals surface area contributed by atoms with E-state index in [1.807, 2.05) is 32.0 Å². The Balaban J connectivity index is 2.25. The lowest BCUT2D eigenvalue weighted by atomic mass is 10.0. The minimum atomic E-state index is -0.185. The lowest BCUT2D eigenvalue weighted by molar-refractivity contribution is 0.0938. The number of benzene rings is 2. The summed E-state index contributed by atoms with van der Waals surface area (Å²) in [5.74, 6) is 1.22. The molecule has 0 aliphatic rings. The molecule has 0 fully saturated rings. The normalized spacial score (nSPS) is 11.7. The van der Waals surface area contributed by atoms with Gasteiger partial charge in [0.2, 0.25) is 0 Å². The predicted octanol–water partition coefficient (Wildman–Crippen LogP) is 4.27. The molecule has 0 heterocycles. The first kappa shape index (κ1) is 17.3. The van der Waals surface area contributed by atoms with Gasteiger partial charge in [0.25, 0.3) is 5.91 Å². The number of carbonyl (C=O) groups excluding carboxylic acids is 1. The number of nitrogens with one attached hydrogen (secondary N) is 1. The second kappa shape index (κ2) is 7.51. The molecule has 0 radical (unpaired) electrons. The Bertz CT molecular complexity index is 715. The maximum absolute atomic E-state index is 12.6. The highest BCUT2D eigenvalue weighted by molar-refractivity contribution is 9.10. The maximum Gasteiger partial charge on any atom is 0.253 e. The Morgan fingerprint density at radius 3 is 2.52 bits per heavy atom. The lowest BCUT2D eigenvalue weighted by Gasteiger charge is -2.18. The zero-order valence-corrected chi connectivity index (χ0v) is 15.2. The van der Waals surface area contributed by atoms with Crippen LogP contribution in [-0.4, -0.2) is 20.1 Å². The van der Waals surface area contributed by atoms with E-state index in [9.17, 15) is 4.79 Å². The topological polar surface area (TPSA) is 47.6 Å². The van der Waals surface area contributed by atoms with Gasteiger partial charge in [-0.3, -0.25) is 4.79 Å². The average Bonchev–Trinajstić information content (AvgIpc) is 2.55. The molecule has 1 amide bonds. The molecule has 0 aromatic heterocycles. The van der Waals surface area contributed by atoms with Crippen molar-refractivity contribution in [3.05, 3.63) is 57.6 Å². The van der Waals surface area contributed by atoms with Crippen molar-refractivity contribution in [2.24, 2.45) is 0 Å². The molecular weight excluding hydrogens is 358 g/mol. The smallest absolute Gasteiger partial charge is 0.253 e. The Morgan fingerprint density at radius 2 is 1.87 bits per heavy atom. The minimum Gasteiger partial charge on any atom is -0.497 e. The van der Waals surface area contributed by atoms with E-state index in [4.69, 9.17) is 9.47 Å². The van der Waals surface area contributed by atoms with Crippen molar-refractivity contribution in [1.82, 2.24) is 5.32 Å². The van der Waals surface area contributed by atoms with Gasteiger partial charge in [0.05, 0.1) is 25.8 Å². The van der Waals surface area contributed by atoms with E-state index in [1.54, 1.807) is 32.4 Å². The van der Waals surface area contributed by atoms with Crippen LogP contribution in [0.3, 0.4) is 0 Å². The molecule has 1 N–H and O–H groups in total. The van der Waals surface area contributed by atoms with Crippen LogP contribution in [0.5, 0.6) is 11.5 Å². The van der Waals surface area contributed by atoms with Crippen molar-refractivity contribution in [2.75, 3.05) is 14.2 Å². The molecule has 1 unspecified atom stereocenters. The van der Waals surface area contributed by atoms with E-state index in [1.165, 1.54) is 0 Å².